The zero-order valence-corrected chi connectivity index (χ0v) is 22.8. The monoisotopic (exact) mass is 597 g/mol. The maximum absolute atomic E-state index is 14.2. The molecule has 0 bridgehead atoms. The number of aromatic carboxylic acids is 1. The Kier molecular flexibility index (Phi) is 9.48. The van der Waals surface area contributed by atoms with Gasteiger partial charge in [0.1, 0.15) is 5.82 Å². The smallest absolute Gasteiger partial charge is 0.478 e. The Morgan fingerprint density at radius 1 is 0.854 bits per heavy atom. The van der Waals surface area contributed by atoms with Crippen LogP contribution in [0.15, 0.2) is 65.6 Å². The number of carboxylic acids is 2. The molecule has 0 spiro atoms. The van der Waals surface area contributed by atoms with E-state index in [0.29, 0.717) is 43.1 Å². The minimum atomic E-state index is -5.08. The van der Waals surface area contributed by atoms with Crippen molar-refractivity contribution < 1.29 is 45.8 Å². The SMILES string of the molecule is Cc1ccc(C)c(S(=O)(=O)Nc2cc(C(=O)O)ccc2N2CCN(c3ccccc3F)CC2)c1.O=C(O)C(F)(F)F. The van der Waals surface area contributed by atoms with Crippen molar-refractivity contribution in [1.29, 1.82) is 0 Å². The molecule has 3 aromatic rings. The van der Waals surface area contributed by atoms with Crippen LogP contribution in [0.1, 0.15) is 21.5 Å². The van der Waals surface area contributed by atoms with Crippen molar-refractivity contribution in [2.45, 2.75) is 24.9 Å². The minimum absolute atomic E-state index is 0.0209. The summed E-state index contributed by atoms with van der Waals surface area (Å²) in [5.41, 5.74) is 2.67. The Balaban J connectivity index is 0.000000587. The van der Waals surface area contributed by atoms with Gasteiger partial charge in [-0.1, -0.05) is 24.3 Å². The summed E-state index contributed by atoms with van der Waals surface area (Å²) < 4.78 is 75.0. The summed E-state index contributed by atoms with van der Waals surface area (Å²) >= 11 is 0. The van der Waals surface area contributed by atoms with Crippen LogP contribution in [0.3, 0.4) is 0 Å². The van der Waals surface area contributed by atoms with E-state index in [1.165, 1.54) is 18.2 Å². The Labute approximate surface area is 233 Å². The molecule has 220 valence electrons. The van der Waals surface area contributed by atoms with Gasteiger partial charge in [0.2, 0.25) is 0 Å². The zero-order chi connectivity index (χ0) is 30.5. The first-order valence-electron chi connectivity index (χ1n) is 12.1. The van der Waals surface area contributed by atoms with Crippen molar-refractivity contribution >= 4 is 39.0 Å². The van der Waals surface area contributed by atoms with Crippen LogP contribution in [0.25, 0.3) is 0 Å². The number of carboxylic acid groups (broad SMARTS) is 2. The highest BCUT2D eigenvalue weighted by Gasteiger charge is 2.38. The number of halogens is 4. The number of aliphatic carboxylic acids is 1. The van der Waals surface area contributed by atoms with Gasteiger partial charge in [-0.15, -0.1) is 0 Å². The third kappa shape index (κ3) is 7.87. The first-order valence-corrected chi connectivity index (χ1v) is 13.6. The van der Waals surface area contributed by atoms with Crippen molar-refractivity contribution in [3.63, 3.8) is 0 Å². The number of hydrogen-bond acceptors (Lipinski definition) is 6. The van der Waals surface area contributed by atoms with Gasteiger partial charge >= 0.3 is 18.1 Å². The van der Waals surface area contributed by atoms with Gasteiger partial charge in [0.05, 0.1) is 27.5 Å². The van der Waals surface area contributed by atoms with E-state index in [2.05, 4.69) is 4.72 Å². The van der Waals surface area contributed by atoms with Crippen molar-refractivity contribution in [1.82, 2.24) is 0 Å². The first kappa shape index (κ1) is 31.2. The van der Waals surface area contributed by atoms with Gasteiger partial charge in [0.15, 0.2) is 0 Å². The van der Waals surface area contributed by atoms with E-state index in [1.807, 2.05) is 22.8 Å². The molecule has 1 aliphatic rings. The molecule has 1 aliphatic heterocycles. The molecule has 1 fully saturated rings. The second kappa shape index (κ2) is 12.5. The summed E-state index contributed by atoms with van der Waals surface area (Å²) in [4.78, 5) is 24.5. The molecule has 1 saturated heterocycles. The fourth-order valence-corrected chi connectivity index (χ4v) is 5.52. The molecule has 4 rings (SSSR count). The molecule has 3 N–H and O–H groups in total. The van der Waals surface area contributed by atoms with Gasteiger partial charge in [0, 0.05) is 26.2 Å². The van der Waals surface area contributed by atoms with Gasteiger partial charge in [-0.3, -0.25) is 4.72 Å². The predicted octanol–water partition coefficient (Wildman–Crippen LogP) is 4.90. The van der Waals surface area contributed by atoms with Crippen LogP contribution in [-0.2, 0) is 14.8 Å². The summed E-state index contributed by atoms with van der Waals surface area (Å²) in [6.45, 7) is 5.61. The predicted molar refractivity (Wildman–Crippen MR) is 145 cm³/mol. The molecule has 1 heterocycles. The molecule has 0 aromatic heterocycles. The normalized spacial score (nSPS) is 13.7. The fourth-order valence-electron chi connectivity index (χ4n) is 4.12. The standard InChI is InChI=1S/C25H26FN3O4S.C2HF3O2/c1-17-7-8-18(2)24(15-17)34(32,33)27-21-16-19(25(30)31)9-10-23(21)29-13-11-28(12-14-29)22-6-4-3-5-20(22)26;3-2(4,5)1(6)7/h3-10,15-16,27H,11-14H2,1-2H3,(H,30,31);(H,6,7). The van der Waals surface area contributed by atoms with Crippen molar-refractivity contribution in [3.05, 3.63) is 83.2 Å². The lowest BCUT2D eigenvalue weighted by molar-refractivity contribution is -0.192. The lowest BCUT2D eigenvalue weighted by atomic mass is 10.1. The first-order chi connectivity index (χ1) is 19.1. The molecule has 0 saturated carbocycles. The molecule has 9 nitrogen and oxygen atoms in total. The molecule has 0 amide bonds. The number of carbonyl (C=O) groups is 2. The average Bonchev–Trinajstić information content (AvgIpc) is 2.90. The highest BCUT2D eigenvalue weighted by Crippen LogP contribution is 2.32. The second-order valence-electron chi connectivity index (χ2n) is 9.14. The molecule has 0 atom stereocenters. The fraction of sp³-hybridized carbons (Fsp3) is 0.259. The molecular weight excluding hydrogens is 570 g/mol. The number of hydrogen-bond donors (Lipinski definition) is 3. The number of rotatable bonds is 6. The highest BCUT2D eigenvalue weighted by molar-refractivity contribution is 7.92. The van der Waals surface area contributed by atoms with Gasteiger partial charge in [-0.25, -0.2) is 22.4 Å². The number of benzene rings is 3. The number of nitrogens with one attached hydrogen (secondary N) is 1. The van der Waals surface area contributed by atoms with Crippen molar-refractivity contribution in [2.24, 2.45) is 0 Å². The van der Waals surface area contributed by atoms with E-state index in [9.17, 15) is 35.9 Å². The minimum Gasteiger partial charge on any atom is -0.478 e. The van der Waals surface area contributed by atoms with Gasteiger partial charge < -0.3 is 20.0 Å². The molecule has 0 aliphatic carbocycles. The van der Waals surface area contributed by atoms with Crippen molar-refractivity contribution in [2.75, 3.05) is 40.7 Å². The van der Waals surface area contributed by atoms with E-state index in [4.69, 9.17) is 9.90 Å². The Morgan fingerprint density at radius 2 is 1.41 bits per heavy atom. The third-order valence-corrected chi connectivity index (χ3v) is 7.68. The summed E-state index contributed by atoms with van der Waals surface area (Å²) in [6.07, 6.45) is -5.08. The Bertz CT molecular complexity index is 1540. The van der Waals surface area contributed by atoms with E-state index in [-0.39, 0.29) is 22.0 Å². The number of anilines is 3. The summed E-state index contributed by atoms with van der Waals surface area (Å²) in [5.74, 6) is -4.20. The Morgan fingerprint density at radius 3 is 1.95 bits per heavy atom. The largest absolute Gasteiger partial charge is 0.490 e. The number of nitrogens with zero attached hydrogens (tertiary/aromatic N) is 2. The number of piperazine rings is 1. The van der Waals surface area contributed by atoms with Crippen molar-refractivity contribution in [3.8, 4) is 0 Å². The number of alkyl halides is 3. The number of para-hydroxylation sites is 1. The van der Waals surface area contributed by atoms with Gasteiger partial charge in [0.25, 0.3) is 10.0 Å². The summed E-state index contributed by atoms with van der Waals surface area (Å²) in [6, 6.07) is 16.2. The van der Waals surface area contributed by atoms with E-state index in [1.54, 1.807) is 43.3 Å². The molecular formula is C27H27F4N3O6S. The lowest BCUT2D eigenvalue weighted by Crippen LogP contribution is -2.47. The maximum Gasteiger partial charge on any atom is 0.490 e. The van der Waals surface area contributed by atoms with Crippen LogP contribution in [0.4, 0.5) is 34.6 Å². The lowest BCUT2D eigenvalue weighted by Gasteiger charge is -2.38. The van der Waals surface area contributed by atoms with E-state index in [0.717, 1.165) is 5.56 Å². The summed E-state index contributed by atoms with van der Waals surface area (Å²) in [5, 5.41) is 16.6. The third-order valence-electron chi connectivity index (χ3n) is 6.18. The van der Waals surface area contributed by atoms with E-state index >= 15 is 0 Å². The number of sulfonamides is 1. The topological polar surface area (TPSA) is 127 Å². The maximum atomic E-state index is 14.2. The van der Waals surface area contributed by atoms with Gasteiger partial charge in [-0.05, 0) is 61.4 Å². The second-order valence-corrected chi connectivity index (χ2v) is 10.8. The molecule has 0 unspecified atom stereocenters. The van der Waals surface area contributed by atoms with Crippen LogP contribution in [-0.4, -0.2) is 62.9 Å². The van der Waals surface area contributed by atoms with E-state index < -0.39 is 28.1 Å². The van der Waals surface area contributed by atoms with Crippen LogP contribution >= 0.6 is 0 Å². The average molecular weight is 598 g/mol. The Hall–Kier alpha value is -4.33. The zero-order valence-electron chi connectivity index (χ0n) is 21.9. The molecule has 0 radical (unpaired) electrons. The molecule has 14 heteroatoms. The molecule has 3 aromatic carbocycles. The summed E-state index contributed by atoms with van der Waals surface area (Å²) in [7, 11) is -3.96. The number of aryl methyl sites for hydroxylation is 2. The molecule has 41 heavy (non-hydrogen) atoms. The quantitative estimate of drug-likeness (QED) is 0.343. The van der Waals surface area contributed by atoms with Crippen LogP contribution in [0.5, 0.6) is 0 Å². The van der Waals surface area contributed by atoms with Crippen LogP contribution in [0, 0.1) is 19.7 Å². The highest BCUT2D eigenvalue weighted by atomic mass is 32.2. The van der Waals surface area contributed by atoms with Crippen LogP contribution in [0.2, 0.25) is 0 Å². The van der Waals surface area contributed by atoms with Gasteiger partial charge in [-0.2, -0.15) is 13.2 Å². The van der Waals surface area contributed by atoms with Crippen LogP contribution < -0.4 is 14.5 Å².